The molecule has 0 N–H and O–H groups in total. The molecule has 5 rings (SSSR count). The Morgan fingerprint density at radius 2 is 1.70 bits per heavy atom. The van der Waals surface area contributed by atoms with E-state index in [1.807, 2.05) is 24.3 Å². The van der Waals surface area contributed by atoms with Crippen molar-refractivity contribution in [3.05, 3.63) is 83.0 Å². The lowest BCUT2D eigenvalue weighted by Gasteiger charge is -2.35. The van der Waals surface area contributed by atoms with Gasteiger partial charge < -0.3 is 9.80 Å². The van der Waals surface area contributed by atoms with Crippen molar-refractivity contribution in [2.75, 3.05) is 41.9 Å². The number of benzene rings is 2. The van der Waals surface area contributed by atoms with Crippen LogP contribution in [-0.2, 0) is 16.4 Å². The molecule has 0 radical (unpaired) electrons. The maximum atomic E-state index is 13.4. The molecule has 3 aromatic rings. The second-order valence-electron chi connectivity index (χ2n) is 8.07. The van der Waals surface area contributed by atoms with E-state index in [0.29, 0.717) is 61.2 Å². The zero-order valence-corrected chi connectivity index (χ0v) is 19.5. The Hall–Kier alpha value is -3.10. The lowest BCUT2D eigenvalue weighted by Crippen LogP contribution is -2.49. The summed E-state index contributed by atoms with van der Waals surface area (Å²) in [5.74, 6) is 0.533. The number of pyridine rings is 1. The number of nitrogens with zero attached hydrogens (tertiary/aromatic N) is 4. The Labute approximate surface area is 198 Å². The first-order chi connectivity index (χ1) is 15.9. The molecular formula is C24H23ClN4O3S. The molecule has 0 aliphatic carbocycles. The summed E-state index contributed by atoms with van der Waals surface area (Å²) < 4.78 is 28.1. The van der Waals surface area contributed by atoms with Crippen LogP contribution < -0.4 is 9.21 Å². The van der Waals surface area contributed by atoms with Gasteiger partial charge in [0.15, 0.2) is 0 Å². The van der Waals surface area contributed by atoms with E-state index in [2.05, 4.69) is 9.88 Å². The van der Waals surface area contributed by atoms with Crippen LogP contribution in [0.25, 0.3) is 0 Å². The largest absolute Gasteiger partial charge is 0.352 e. The molecule has 170 valence electrons. The lowest BCUT2D eigenvalue weighted by molar-refractivity contribution is 0.0746. The molecule has 1 aromatic heterocycles. The number of fused-ring (bicyclic) bond motifs is 1. The molecule has 0 unspecified atom stereocenters. The first-order valence-electron chi connectivity index (χ1n) is 10.8. The summed E-state index contributed by atoms with van der Waals surface area (Å²) in [7, 11) is -3.76. The van der Waals surface area contributed by atoms with Crippen molar-refractivity contribution in [2.45, 2.75) is 11.3 Å². The van der Waals surface area contributed by atoms with E-state index in [4.69, 9.17) is 11.6 Å². The van der Waals surface area contributed by atoms with Gasteiger partial charge in [-0.25, -0.2) is 13.4 Å². The molecule has 33 heavy (non-hydrogen) atoms. The highest BCUT2D eigenvalue weighted by atomic mass is 35.5. The molecule has 0 atom stereocenters. The summed E-state index contributed by atoms with van der Waals surface area (Å²) >= 11 is 6.25. The summed E-state index contributed by atoms with van der Waals surface area (Å²) in [5, 5.41) is 0.582. The van der Waals surface area contributed by atoms with Crippen LogP contribution in [0.15, 0.2) is 71.8 Å². The van der Waals surface area contributed by atoms with Gasteiger partial charge in [0.2, 0.25) is 0 Å². The maximum absolute atomic E-state index is 13.4. The van der Waals surface area contributed by atoms with Crippen LogP contribution in [0.5, 0.6) is 0 Å². The minimum absolute atomic E-state index is 0.129. The van der Waals surface area contributed by atoms with Crippen molar-refractivity contribution in [3.63, 3.8) is 0 Å². The quantitative estimate of drug-likeness (QED) is 0.569. The maximum Gasteiger partial charge on any atom is 0.264 e. The standard InChI is InChI=1S/C24H23ClN4O3S/c25-21-8-4-11-26-23(21)27-13-15-28(16-14-27)24(30)19-6-3-7-20(17-19)33(31,32)29-12-10-18-5-1-2-9-22(18)29/h1-9,11,17H,10,12-16H2. The molecule has 0 saturated carbocycles. The van der Waals surface area contributed by atoms with Gasteiger partial charge in [-0.3, -0.25) is 9.10 Å². The fourth-order valence-electron chi connectivity index (χ4n) is 4.39. The molecule has 1 fully saturated rings. The predicted octanol–water partition coefficient (Wildman–Crippen LogP) is 3.45. The van der Waals surface area contributed by atoms with Crippen molar-refractivity contribution in [3.8, 4) is 0 Å². The Morgan fingerprint density at radius 3 is 2.48 bits per heavy atom. The molecule has 0 spiro atoms. The van der Waals surface area contributed by atoms with Gasteiger partial charge in [0.1, 0.15) is 5.82 Å². The van der Waals surface area contributed by atoms with E-state index in [-0.39, 0.29) is 10.8 Å². The van der Waals surface area contributed by atoms with E-state index >= 15 is 0 Å². The van der Waals surface area contributed by atoms with Crippen molar-refractivity contribution in [1.82, 2.24) is 9.88 Å². The fraction of sp³-hybridized carbons (Fsp3) is 0.250. The minimum atomic E-state index is -3.76. The number of halogens is 1. The zero-order valence-electron chi connectivity index (χ0n) is 17.9. The molecule has 7 nitrogen and oxygen atoms in total. The highest BCUT2D eigenvalue weighted by Gasteiger charge is 2.31. The number of aromatic nitrogens is 1. The van der Waals surface area contributed by atoms with Gasteiger partial charge in [-0.1, -0.05) is 35.9 Å². The Bertz CT molecular complexity index is 1310. The number of carbonyl (C=O) groups is 1. The van der Waals surface area contributed by atoms with Gasteiger partial charge in [-0.15, -0.1) is 0 Å². The molecule has 0 bridgehead atoms. The summed E-state index contributed by atoms with van der Waals surface area (Å²) in [6.45, 7) is 2.61. The highest BCUT2D eigenvalue weighted by Crippen LogP contribution is 2.33. The van der Waals surface area contributed by atoms with E-state index < -0.39 is 10.0 Å². The number of para-hydroxylation sites is 1. The number of hydrogen-bond donors (Lipinski definition) is 0. The van der Waals surface area contributed by atoms with Gasteiger partial charge in [-0.2, -0.15) is 0 Å². The molecule has 1 amide bonds. The Morgan fingerprint density at radius 1 is 0.909 bits per heavy atom. The average Bonchev–Trinajstić information content (AvgIpc) is 3.29. The second kappa shape index (κ2) is 8.68. The number of amides is 1. The minimum Gasteiger partial charge on any atom is -0.352 e. The average molecular weight is 483 g/mol. The third kappa shape index (κ3) is 4.05. The van der Waals surface area contributed by atoms with Crippen LogP contribution in [0.1, 0.15) is 15.9 Å². The molecule has 1 saturated heterocycles. The van der Waals surface area contributed by atoms with Crippen molar-refractivity contribution >= 4 is 39.0 Å². The Kier molecular flexibility index (Phi) is 5.72. The smallest absolute Gasteiger partial charge is 0.264 e. The normalized spacial score (nSPS) is 16.1. The van der Waals surface area contributed by atoms with Crippen LogP contribution >= 0.6 is 11.6 Å². The predicted molar refractivity (Wildman–Crippen MR) is 128 cm³/mol. The van der Waals surface area contributed by atoms with Gasteiger partial charge in [0, 0.05) is 44.5 Å². The summed E-state index contributed by atoms with van der Waals surface area (Å²) in [4.78, 5) is 21.4. The lowest BCUT2D eigenvalue weighted by atomic mass is 10.2. The van der Waals surface area contributed by atoms with E-state index in [1.54, 1.807) is 41.4 Å². The second-order valence-corrected chi connectivity index (χ2v) is 10.3. The number of piperazine rings is 1. The fourth-order valence-corrected chi connectivity index (χ4v) is 6.18. The van der Waals surface area contributed by atoms with Crippen molar-refractivity contribution in [1.29, 1.82) is 0 Å². The summed E-state index contributed by atoms with van der Waals surface area (Å²) in [6, 6.07) is 17.4. The molecule has 2 aromatic carbocycles. The Balaban J connectivity index is 1.33. The number of rotatable bonds is 4. The third-order valence-corrected chi connectivity index (χ3v) is 8.22. The first-order valence-corrected chi connectivity index (χ1v) is 12.6. The SMILES string of the molecule is O=C(c1cccc(S(=O)(=O)N2CCc3ccccc32)c1)N1CCN(c2ncccc2Cl)CC1. The number of anilines is 2. The van der Waals surface area contributed by atoms with Gasteiger partial charge in [-0.05, 0) is 48.4 Å². The highest BCUT2D eigenvalue weighted by molar-refractivity contribution is 7.92. The van der Waals surface area contributed by atoms with Crippen LogP contribution in [0.2, 0.25) is 5.02 Å². The van der Waals surface area contributed by atoms with Crippen LogP contribution in [-0.4, -0.2) is 56.9 Å². The number of sulfonamides is 1. The van der Waals surface area contributed by atoms with E-state index in [0.717, 1.165) is 5.56 Å². The molecule has 3 heterocycles. The molecular weight excluding hydrogens is 460 g/mol. The van der Waals surface area contributed by atoms with Crippen molar-refractivity contribution in [2.24, 2.45) is 0 Å². The van der Waals surface area contributed by atoms with E-state index in [9.17, 15) is 13.2 Å². The van der Waals surface area contributed by atoms with Crippen LogP contribution in [0.3, 0.4) is 0 Å². The third-order valence-electron chi connectivity index (χ3n) is 6.12. The first kappa shape index (κ1) is 21.7. The van der Waals surface area contributed by atoms with Gasteiger partial charge in [0.25, 0.3) is 15.9 Å². The van der Waals surface area contributed by atoms with Gasteiger partial charge >= 0.3 is 0 Å². The summed E-state index contributed by atoms with van der Waals surface area (Å²) in [6.07, 6.45) is 2.38. The van der Waals surface area contributed by atoms with Crippen molar-refractivity contribution < 1.29 is 13.2 Å². The summed E-state index contributed by atoms with van der Waals surface area (Å²) in [5.41, 5.74) is 2.09. The van der Waals surface area contributed by atoms with Gasteiger partial charge in [0.05, 0.1) is 15.6 Å². The zero-order chi connectivity index (χ0) is 23.0. The molecule has 9 heteroatoms. The van der Waals surface area contributed by atoms with Crippen LogP contribution in [0, 0.1) is 0 Å². The topological polar surface area (TPSA) is 73.8 Å². The molecule has 2 aliphatic rings. The number of hydrogen-bond acceptors (Lipinski definition) is 5. The number of carbonyl (C=O) groups excluding carboxylic acids is 1. The monoisotopic (exact) mass is 482 g/mol. The van der Waals surface area contributed by atoms with E-state index in [1.165, 1.54) is 10.4 Å². The molecule has 2 aliphatic heterocycles. The van der Waals surface area contributed by atoms with Crippen LogP contribution in [0.4, 0.5) is 11.5 Å².